The molecule has 0 bridgehead atoms. The van der Waals surface area contributed by atoms with Gasteiger partial charge in [0.25, 0.3) is 15.9 Å². The van der Waals surface area contributed by atoms with Crippen LogP contribution >= 0.6 is 15.9 Å². The predicted octanol–water partition coefficient (Wildman–Crippen LogP) is 5.93. The quantitative estimate of drug-likeness (QED) is 0.369. The summed E-state index contributed by atoms with van der Waals surface area (Å²) in [5.74, 6) is 0.925. The van der Waals surface area contributed by atoms with Crippen molar-refractivity contribution < 1.29 is 17.9 Å². The van der Waals surface area contributed by atoms with Gasteiger partial charge in [0.15, 0.2) is 0 Å². The van der Waals surface area contributed by atoms with Gasteiger partial charge >= 0.3 is 0 Å². The number of halogens is 1. The largest absolute Gasteiger partial charge is 0.492 e. The number of amides is 1. The molecule has 0 spiro atoms. The van der Waals surface area contributed by atoms with Crippen molar-refractivity contribution in [3.05, 3.63) is 82.8 Å². The number of anilines is 2. The van der Waals surface area contributed by atoms with Gasteiger partial charge in [0.1, 0.15) is 5.75 Å². The van der Waals surface area contributed by atoms with E-state index in [0.717, 1.165) is 6.42 Å². The van der Waals surface area contributed by atoms with Crippen molar-refractivity contribution in [3.63, 3.8) is 0 Å². The highest BCUT2D eigenvalue weighted by Gasteiger charge is 2.15. The Balaban J connectivity index is 1.64. The maximum Gasteiger partial charge on any atom is 0.261 e. The van der Waals surface area contributed by atoms with Crippen molar-refractivity contribution in [2.24, 2.45) is 5.92 Å². The van der Waals surface area contributed by atoms with E-state index in [2.05, 4.69) is 39.8 Å². The molecule has 0 saturated heterocycles. The van der Waals surface area contributed by atoms with Crippen LogP contribution in [0.4, 0.5) is 11.4 Å². The van der Waals surface area contributed by atoms with Gasteiger partial charge in [0.2, 0.25) is 0 Å². The lowest BCUT2D eigenvalue weighted by molar-refractivity contribution is 0.102. The molecule has 3 aromatic rings. The molecule has 0 aliphatic heterocycles. The summed E-state index contributed by atoms with van der Waals surface area (Å²) in [7, 11) is -3.72. The van der Waals surface area contributed by atoms with Crippen LogP contribution in [0.15, 0.2) is 82.2 Å². The van der Waals surface area contributed by atoms with E-state index in [-0.39, 0.29) is 10.8 Å². The lowest BCUT2D eigenvalue weighted by atomic mass is 10.1. The highest BCUT2D eigenvalue weighted by Crippen LogP contribution is 2.27. The molecule has 3 rings (SSSR count). The SMILES string of the molecule is CC(C)CCOc1ccc(C(=O)Nc2ccc(S(=O)(=O)Nc3ccccc3)cc2)cc1Br. The number of ether oxygens (including phenoxy) is 1. The van der Waals surface area contributed by atoms with Gasteiger partial charge in [-0.25, -0.2) is 8.42 Å². The zero-order valence-electron chi connectivity index (χ0n) is 17.8. The van der Waals surface area contributed by atoms with Crippen molar-refractivity contribution in [2.75, 3.05) is 16.6 Å². The van der Waals surface area contributed by atoms with Gasteiger partial charge in [-0.05, 0) is 82.9 Å². The number of hydrogen-bond acceptors (Lipinski definition) is 4. The van der Waals surface area contributed by atoms with Crippen LogP contribution in [0.2, 0.25) is 0 Å². The topological polar surface area (TPSA) is 84.5 Å². The van der Waals surface area contributed by atoms with Crippen molar-refractivity contribution in [1.82, 2.24) is 0 Å². The van der Waals surface area contributed by atoms with Gasteiger partial charge in [-0.1, -0.05) is 32.0 Å². The van der Waals surface area contributed by atoms with Crippen molar-refractivity contribution in [2.45, 2.75) is 25.2 Å². The maximum absolute atomic E-state index is 12.6. The van der Waals surface area contributed by atoms with Crippen LogP contribution in [0, 0.1) is 5.92 Å². The Morgan fingerprint density at radius 2 is 1.66 bits per heavy atom. The predicted molar refractivity (Wildman–Crippen MR) is 131 cm³/mol. The first kappa shape index (κ1) is 23.8. The molecule has 32 heavy (non-hydrogen) atoms. The second kappa shape index (κ2) is 10.7. The number of carbonyl (C=O) groups excluding carboxylic acids is 1. The molecule has 168 valence electrons. The summed E-state index contributed by atoms with van der Waals surface area (Å²) in [6, 6.07) is 19.8. The summed E-state index contributed by atoms with van der Waals surface area (Å²) in [4.78, 5) is 12.7. The molecule has 0 unspecified atom stereocenters. The Bertz CT molecular complexity index is 1160. The Morgan fingerprint density at radius 1 is 0.969 bits per heavy atom. The van der Waals surface area contributed by atoms with E-state index in [1.54, 1.807) is 60.7 Å². The van der Waals surface area contributed by atoms with Crippen LogP contribution in [-0.4, -0.2) is 20.9 Å². The second-order valence-electron chi connectivity index (χ2n) is 7.63. The molecule has 0 saturated carbocycles. The van der Waals surface area contributed by atoms with Crippen LogP contribution < -0.4 is 14.8 Å². The highest BCUT2D eigenvalue weighted by molar-refractivity contribution is 9.10. The Kier molecular flexibility index (Phi) is 7.93. The van der Waals surface area contributed by atoms with Gasteiger partial charge < -0.3 is 10.1 Å². The molecule has 0 aliphatic carbocycles. The van der Waals surface area contributed by atoms with Crippen LogP contribution in [0.1, 0.15) is 30.6 Å². The summed E-state index contributed by atoms with van der Waals surface area (Å²) in [6.45, 7) is 4.87. The minimum Gasteiger partial charge on any atom is -0.492 e. The van der Waals surface area contributed by atoms with Crippen LogP contribution in [0.25, 0.3) is 0 Å². The van der Waals surface area contributed by atoms with Crippen molar-refractivity contribution >= 4 is 43.2 Å². The minimum atomic E-state index is -3.72. The lowest BCUT2D eigenvalue weighted by Crippen LogP contribution is -2.14. The van der Waals surface area contributed by atoms with Crippen molar-refractivity contribution in [1.29, 1.82) is 0 Å². The monoisotopic (exact) mass is 516 g/mol. The van der Waals surface area contributed by atoms with E-state index < -0.39 is 10.0 Å². The molecule has 2 N–H and O–H groups in total. The smallest absolute Gasteiger partial charge is 0.261 e. The maximum atomic E-state index is 12.6. The fourth-order valence-corrected chi connectivity index (χ4v) is 4.36. The fourth-order valence-electron chi connectivity index (χ4n) is 2.80. The minimum absolute atomic E-state index is 0.102. The number of carbonyl (C=O) groups is 1. The number of hydrogen-bond donors (Lipinski definition) is 2. The first-order chi connectivity index (χ1) is 15.2. The Hall–Kier alpha value is -2.84. The first-order valence-electron chi connectivity index (χ1n) is 10.2. The molecule has 0 atom stereocenters. The molecule has 1 amide bonds. The van der Waals surface area contributed by atoms with Gasteiger partial charge in [-0.15, -0.1) is 0 Å². The van der Waals surface area contributed by atoms with Gasteiger partial charge in [-0.3, -0.25) is 9.52 Å². The molecule has 0 aromatic heterocycles. The average Bonchev–Trinajstić information content (AvgIpc) is 2.75. The summed E-state index contributed by atoms with van der Waals surface area (Å²) < 4.78 is 34.0. The van der Waals surface area contributed by atoms with E-state index in [0.29, 0.717) is 39.7 Å². The number of sulfonamides is 1. The summed E-state index contributed by atoms with van der Waals surface area (Å²) in [5.41, 5.74) is 1.42. The normalized spacial score (nSPS) is 11.2. The lowest BCUT2D eigenvalue weighted by Gasteiger charge is -2.12. The Labute approximate surface area is 197 Å². The molecule has 0 radical (unpaired) electrons. The standard InChI is InChI=1S/C24H25BrN2O4S/c1-17(2)14-15-31-23-13-8-18(16-22(23)25)24(28)26-19-9-11-21(12-10-19)32(29,30)27-20-6-4-3-5-7-20/h3-13,16-17,27H,14-15H2,1-2H3,(H,26,28). The van der Waals surface area contributed by atoms with E-state index in [1.807, 2.05) is 0 Å². The van der Waals surface area contributed by atoms with Crippen molar-refractivity contribution in [3.8, 4) is 5.75 Å². The molecular weight excluding hydrogens is 492 g/mol. The number of nitrogens with one attached hydrogen (secondary N) is 2. The van der Waals surface area contributed by atoms with Crippen LogP contribution in [0.5, 0.6) is 5.75 Å². The average molecular weight is 517 g/mol. The van der Waals surface area contributed by atoms with E-state index in [9.17, 15) is 13.2 Å². The first-order valence-corrected chi connectivity index (χ1v) is 12.4. The molecule has 0 heterocycles. The molecule has 6 nitrogen and oxygen atoms in total. The Morgan fingerprint density at radius 3 is 2.28 bits per heavy atom. The van der Waals surface area contributed by atoms with E-state index >= 15 is 0 Å². The van der Waals surface area contributed by atoms with Gasteiger partial charge in [-0.2, -0.15) is 0 Å². The third kappa shape index (κ3) is 6.58. The molecule has 0 fully saturated rings. The number of rotatable bonds is 9. The number of para-hydroxylation sites is 1. The van der Waals surface area contributed by atoms with Gasteiger partial charge in [0.05, 0.1) is 16.0 Å². The second-order valence-corrected chi connectivity index (χ2v) is 10.2. The summed E-state index contributed by atoms with van der Waals surface area (Å²) >= 11 is 3.45. The third-order valence-electron chi connectivity index (χ3n) is 4.60. The molecule has 8 heteroatoms. The zero-order chi connectivity index (χ0) is 23.1. The summed E-state index contributed by atoms with van der Waals surface area (Å²) in [5, 5.41) is 2.78. The molecule has 0 aliphatic rings. The van der Waals surface area contributed by atoms with Crippen LogP contribution in [-0.2, 0) is 10.0 Å². The zero-order valence-corrected chi connectivity index (χ0v) is 20.2. The fraction of sp³-hybridized carbons (Fsp3) is 0.208. The van der Waals surface area contributed by atoms with Crippen LogP contribution in [0.3, 0.4) is 0 Å². The molecular formula is C24H25BrN2O4S. The summed E-state index contributed by atoms with van der Waals surface area (Å²) in [6.07, 6.45) is 0.946. The van der Waals surface area contributed by atoms with E-state index in [1.165, 1.54) is 12.1 Å². The van der Waals surface area contributed by atoms with E-state index in [4.69, 9.17) is 4.74 Å². The highest BCUT2D eigenvalue weighted by atomic mass is 79.9. The number of benzene rings is 3. The van der Waals surface area contributed by atoms with Gasteiger partial charge in [0, 0.05) is 16.9 Å². The molecule has 3 aromatic carbocycles. The third-order valence-corrected chi connectivity index (χ3v) is 6.61.